The number of hydrogen-bond acceptors (Lipinski definition) is 4. The smallest absolute Gasteiger partial charge is 0.295 e. The van der Waals surface area contributed by atoms with Gasteiger partial charge in [-0.05, 0) is 13.0 Å². The molecule has 1 aromatic carbocycles. The summed E-state index contributed by atoms with van der Waals surface area (Å²) in [6, 6.07) is 3.80. The molecular weight excluding hydrogens is 293 g/mol. The van der Waals surface area contributed by atoms with Gasteiger partial charge in [-0.25, -0.2) is 9.36 Å². The molecule has 9 heteroatoms. The summed E-state index contributed by atoms with van der Waals surface area (Å²) >= 11 is 5.35. The van der Waals surface area contributed by atoms with E-state index < -0.39 is 27.1 Å². The first-order valence-corrected chi connectivity index (χ1v) is 5.67. The Morgan fingerprint density at radius 3 is 2.65 bits per heavy atom. The summed E-state index contributed by atoms with van der Waals surface area (Å²) in [7, 11) is 0. The molecular formula is C11H7ClFN3O4. The number of nitro groups is 1. The van der Waals surface area contributed by atoms with Gasteiger partial charge in [0.05, 0.1) is 16.2 Å². The normalized spacial score (nSPS) is 10.6. The second-order valence-corrected chi connectivity index (χ2v) is 4.26. The molecule has 104 valence electrons. The monoisotopic (exact) mass is 299 g/mol. The van der Waals surface area contributed by atoms with E-state index in [1.165, 1.54) is 25.1 Å². The summed E-state index contributed by atoms with van der Waals surface area (Å²) in [5, 5.41) is 10.1. The molecule has 1 N–H and O–H groups in total. The van der Waals surface area contributed by atoms with Gasteiger partial charge < -0.3 is 0 Å². The van der Waals surface area contributed by atoms with Gasteiger partial charge in [-0.2, -0.15) is 4.39 Å². The number of H-pyrrole nitrogens is 1. The minimum absolute atomic E-state index is 0.0619. The lowest BCUT2D eigenvalue weighted by Gasteiger charge is -2.08. The van der Waals surface area contributed by atoms with Gasteiger partial charge in [-0.3, -0.25) is 19.9 Å². The highest BCUT2D eigenvalue weighted by atomic mass is 35.5. The molecule has 0 spiro atoms. The van der Waals surface area contributed by atoms with E-state index in [1.807, 2.05) is 4.98 Å². The number of halogens is 2. The summed E-state index contributed by atoms with van der Waals surface area (Å²) in [6.45, 7) is 1.35. The van der Waals surface area contributed by atoms with Crippen molar-refractivity contribution in [2.24, 2.45) is 0 Å². The summed E-state index contributed by atoms with van der Waals surface area (Å²) < 4.78 is 13.9. The van der Waals surface area contributed by atoms with Crippen LogP contribution in [0.2, 0.25) is 5.15 Å². The van der Waals surface area contributed by atoms with Crippen LogP contribution < -0.4 is 11.2 Å². The third-order valence-corrected chi connectivity index (χ3v) is 2.98. The van der Waals surface area contributed by atoms with Gasteiger partial charge in [0.15, 0.2) is 5.15 Å². The number of aromatic nitrogens is 2. The molecule has 7 nitrogen and oxygen atoms in total. The number of hydrogen-bond donors (Lipinski definition) is 1. The topological polar surface area (TPSA) is 98.0 Å². The highest BCUT2D eigenvalue weighted by Gasteiger charge is 2.19. The maximum atomic E-state index is 13.5. The summed E-state index contributed by atoms with van der Waals surface area (Å²) in [5.41, 5.74) is -2.57. The fourth-order valence-corrected chi connectivity index (χ4v) is 1.92. The zero-order valence-corrected chi connectivity index (χ0v) is 10.8. The maximum Gasteiger partial charge on any atom is 0.334 e. The fourth-order valence-electron chi connectivity index (χ4n) is 1.76. The van der Waals surface area contributed by atoms with Crippen molar-refractivity contribution in [1.29, 1.82) is 0 Å². The van der Waals surface area contributed by atoms with Crippen molar-refractivity contribution in [3.63, 3.8) is 0 Å². The summed E-state index contributed by atoms with van der Waals surface area (Å²) in [6.07, 6.45) is 0. The van der Waals surface area contributed by atoms with Crippen molar-refractivity contribution < 1.29 is 9.31 Å². The Labute approximate surface area is 115 Å². The Morgan fingerprint density at radius 2 is 2.05 bits per heavy atom. The van der Waals surface area contributed by atoms with Crippen LogP contribution >= 0.6 is 11.6 Å². The summed E-state index contributed by atoms with van der Waals surface area (Å²) in [5.74, 6) is -1.34. The van der Waals surface area contributed by atoms with Crippen LogP contribution in [0.3, 0.4) is 0 Å². The number of nitrogens with zero attached hydrogens (tertiary/aromatic N) is 2. The standard InChI is InChI=1S/C11H7ClFN3O4/c1-5-6(3-2-4-7(5)16(19)20)15-10(17)8(13)9(12)14-11(15)18/h2-4H,1H3,(H,14,18). The lowest BCUT2D eigenvalue weighted by molar-refractivity contribution is -0.385. The highest BCUT2D eigenvalue weighted by Crippen LogP contribution is 2.22. The van der Waals surface area contributed by atoms with Gasteiger partial charge in [-0.1, -0.05) is 17.7 Å². The number of aromatic amines is 1. The van der Waals surface area contributed by atoms with Crippen LogP contribution in [-0.2, 0) is 0 Å². The molecule has 2 aromatic rings. The highest BCUT2D eigenvalue weighted by molar-refractivity contribution is 6.29. The quantitative estimate of drug-likeness (QED) is 0.516. The summed E-state index contributed by atoms with van der Waals surface area (Å²) in [4.78, 5) is 35.6. The van der Waals surface area contributed by atoms with E-state index in [0.29, 0.717) is 4.57 Å². The van der Waals surface area contributed by atoms with Crippen LogP contribution in [0.1, 0.15) is 5.56 Å². The molecule has 0 aliphatic rings. The van der Waals surface area contributed by atoms with Crippen molar-refractivity contribution in [2.45, 2.75) is 6.92 Å². The van der Waals surface area contributed by atoms with E-state index >= 15 is 0 Å². The lowest BCUT2D eigenvalue weighted by atomic mass is 10.1. The van der Waals surface area contributed by atoms with Crippen LogP contribution in [-0.4, -0.2) is 14.5 Å². The number of rotatable bonds is 2. The molecule has 0 aliphatic heterocycles. The predicted molar refractivity (Wildman–Crippen MR) is 69.0 cm³/mol. The van der Waals surface area contributed by atoms with Crippen molar-refractivity contribution in [1.82, 2.24) is 9.55 Å². The lowest BCUT2D eigenvalue weighted by Crippen LogP contribution is -2.36. The largest absolute Gasteiger partial charge is 0.334 e. The second-order valence-electron chi connectivity index (χ2n) is 3.88. The zero-order chi connectivity index (χ0) is 15.0. The van der Waals surface area contributed by atoms with E-state index in [0.717, 1.165) is 0 Å². The number of benzene rings is 1. The van der Waals surface area contributed by atoms with Crippen LogP contribution in [0, 0.1) is 22.9 Å². The first-order valence-electron chi connectivity index (χ1n) is 5.29. The van der Waals surface area contributed by atoms with Gasteiger partial charge in [-0.15, -0.1) is 0 Å². The van der Waals surface area contributed by atoms with Gasteiger partial charge in [0.25, 0.3) is 11.2 Å². The molecule has 1 heterocycles. The van der Waals surface area contributed by atoms with Crippen LogP contribution in [0.4, 0.5) is 10.1 Å². The Bertz CT molecular complexity index is 827. The van der Waals surface area contributed by atoms with Crippen LogP contribution in [0.15, 0.2) is 27.8 Å². The van der Waals surface area contributed by atoms with Crippen LogP contribution in [0.25, 0.3) is 5.69 Å². The molecule has 0 saturated heterocycles. The molecule has 0 atom stereocenters. The van der Waals surface area contributed by atoms with E-state index in [2.05, 4.69) is 0 Å². The van der Waals surface area contributed by atoms with Crippen molar-refractivity contribution in [3.8, 4) is 5.69 Å². The van der Waals surface area contributed by atoms with Crippen molar-refractivity contribution in [3.05, 3.63) is 65.7 Å². The fraction of sp³-hybridized carbons (Fsp3) is 0.0909. The molecule has 0 aliphatic carbocycles. The molecule has 2 rings (SSSR count). The molecule has 0 unspecified atom stereocenters. The molecule has 0 bridgehead atoms. The average Bonchev–Trinajstić information content (AvgIpc) is 2.37. The van der Waals surface area contributed by atoms with Crippen LogP contribution in [0.5, 0.6) is 0 Å². The first kappa shape index (κ1) is 13.9. The number of nitrogens with one attached hydrogen (secondary N) is 1. The third kappa shape index (κ3) is 2.10. The van der Waals surface area contributed by atoms with E-state index in [9.17, 15) is 24.1 Å². The molecule has 0 saturated carbocycles. The molecule has 1 aromatic heterocycles. The van der Waals surface area contributed by atoms with Gasteiger partial charge in [0.1, 0.15) is 0 Å². The Morgan fingerprint density at radius 1 is 1.40 bits per heavy atom. The van der Waals surface area contributed by atoms with E-state index in [4.69, 9.17) is 11.6 Å². The Hall–Kier alpha value is -2.48. The number of nitro benzene ring substituents is 1. The Kier molecular flexibility index (Phi) is 3.41. The van der Waals surface area contributed by atoms with E-state index in [-0.39, 0.29) is 16.9 Å². The predicted octanol–water partition coefficient (Wildman–Crippen LogP) is 1.53. The van der Waals surface area contributed by atoms with Crippen molar-refractivity contribution in [2.75, 3.05) is 0 Å². The van der Waals surface area contributed by atoms with Crippen molar-refractivity contribution >= 4 is 17.3 Å². The molecule has 0 amide bonds. The zero-order valence-electron chi connectivity index (χ0n) is 10.0. The van der Waals surface area contributed by atoms with Gasteiger partial charge in [0, 0.05) is 6.07 Å². The third-order valence-electron chi connectivity index (χ3n) is 2.72. The van der Waals surface area contributed by atoms with Gasteiger partial charge in [0.2, 0.25) is 5.82 Å². The first-order chi connectivity index (χ1) is 9.34. The molecule has 20 heavy (non-hydrogen) atoms. The maximum absolute atomic E-state index is 13.5. The molecule has 0 fully saturated rings. The van der Waals surface area contributed by atoms with Gasteiger partial charge >= 0.3 is 5.69 Å². The van der Waals surface area contributed by atoms with E-state index in [1.54, 1.807) is 0 Å². The minimum atomic E-state index is -1.34. The SMILES string of the molecule is Cc1c(-n2c(=O)[nH]c(Cl)c(F)c2=O)cccc1[N+](=O)[O-]. The minimum Gasteiger partial charge on any atom is -0.295 e. The second kappa shape index (κ2) is 4.89. The average molecular weight is 300 g/mol. The molecule has 0 radical (unpaired) electrons. The Balaban J connectivity index is 2.87.